The van der Waals surface area contributed by atoms with E-state index < -0.39 is 10.0 Å². The zero-order valence-electron chi connectivity index (χ0n) is 18.0. The molecule has 2 aromatic rings. The van der Waals surface area contributed by atoms with Crippen LogP contribution in [-0.4, -0.2) is 50.8 Å². The zero-order chi connectivity index (χ0) is 23.0. The van der Waals surface area contributed by atoms with E-state index in [0.717, 1.165) is 5.56 Å². The van der Waals surface area contributed by atoms with Crippen molar-refractivity contribution in [1.29, 1.82) is 0 Å². The molecule has 1 fully saturated rings. The Balaban J connectivity index is 1.21. The summed E-state index contributed by atoms with van der Waals surface area (Å²) >= 11 is 0. The van der Waals surface area contributed by atoms with Gasteiger partial charge in [0.2, 0.25) is 21.8 Å². The molecule has 2 N–H and O–H groups in total. The van der Waals surface area contributed by atoms with Crippen molar-refractivity contribution in [3.8, 4) is 11.5 Å². The molecule has 9 nitrogen and oxygen atoms in total. The molecule has 3 aliphatic rings. The first-order valence-electron chi connectivity index (χ1n) is 11.0. The number of fused-ring (bicyclic) bond motifs is 2. The number of piperidine rings is 1. The number of carbonyl (C=O) groups is 2. The van der Waals surface area contributed by atoms with Gasteiger partial charge in [-0.15, -0.1) is 0 Å². The standard InChI is InChI=1S/C23H25N3O6S/c27-22-6-1-16-13-18(3-4-19(16)25-22)33(29,30)26-9-7-15(8-10-26)23(28)24-17-2-5-20-21(14-17)32-12-11-31-20/h2-5,13-15H,1,6-12H2,(H,24,28)(H,25,27). The number of hydrogen-bond acceptors (Lipinski definition) is 6. The highest BCUT2D eigenvalue weighted by atomic mass is 32.2. The van der Waals surface area contributed by atoms with Gasteiger partial charge in [-0.2, -0.15) is 4.31 Å². The molecule has 0 radical (unpaired) electrons. The van der Waals surface area contributed by atoms with Gasteiger partial charge in [-0.3, -0.25) is 9.59 Å². The van der Waals surface area contributed by atoms with Crippen LogP contribution >= 0.6 is 0 Å². The monoisotopic (exact) mass is 471 g/mol. The fraction of sp³-hybridized carbons (Fsp3) is 0.391. The van der Waals surface area contributed by atoms with Crippen LogP contribution in [0.15, 0.2) is 41.3 Å². The van der Waals surface area contributed by atoms with Crippen LogP contribution in [0.4, 0.5) is 11.4 Å². The maximum Gasteiger partial charge on any atom is 0.243 e. The van der Waals surface area contributed by atoms with Gasteiger partial charge < -0.3 is 20.1 Å². The van der Waals surface area contributed by atoms with Crippen LogP contribution in [0.1, 0.15) is 24.8 Å². The van der Waals surface area contributed by atoms with Crippen molar-refractivity contribution < 1.29 is 27.5 Å². The van der Waals surface area contributed by atoms with Crippen molar-refractivity contribution in [2.45, 2.75) is 30.6 Å². The Morgan fingerprint density at radius 1 is 1.00 bits per heavy atom. The first kappa shape index (κ1) is 21.7. The van der Waals surface area contributed by atoms with E-state index in [1.54, 1.807) is 30.3 Å². The summed E-state index contributed by atoms with van der Waals surface area (Å²) in [6.07, 6.45) is 1.75. The van der Waals surface area contributed by atoms with E-state index in [0.29, 0.717) is 61.8 Å². The summed E-state index contributed by atoms with van der Waals surface area (Å²) in [4.78, 5) is 24.5. The molecule has 0 unspecified atom stereocenters. The van der Waals surface area contributed by atoms with Crippen LogP contribution in [0.2, 0.25) is 0 Å². The minimum atomic E-state index is -3.67. The van der Waals surface area contributed by atoms with Gasteiger partial charge in [0.15, 0.2) is 11.5 Å². The Hall–Kier alpha value is -3.11. The van der Waals surface area contributed by atoms with E-state index >= 15 is 0 Å². The molecule has 0 aliphatic carbocycles. The molecule has 3 heterocycles. The van der Waals surface area contributed by atoms with E-state index in [9.17, 15) is 18.0 Å². The Kier molecular flexibility index (Phi) is 5.71. The number of rotatable bonds is 4. The van der Waals surface area contributed by atoms with Gasteiger partial charge in [0, 0.05) is 42.9 Å². The molecule has 2 amide bonds. The summed E-state index contributed by atoms with van der Waals surface area (Å²) < 4.78 is 38.8. The zero-order valence-corrected chi connectivity index (χ0v) is 18.8. The van der Waals surface area contributed by atoms with Crippen molar-refractivity contribution in [2.75, 3.05) is 36.9 Å². The van der Waals surface area contributed by atoms with Gasteiger partial charge >= 0.3 is 0 Å². The number of sulfonamides is 1. The quantitative estimate of drug-likeness (QED) is 0.708. The van der Waals surface area contributed by atoms with Gasteiger partial charge in [-0.25, -0.2) is 8.42 Å². The summed E-state index contributed by atoms with van der Waals surface area (Å²) in [5.41, 5.74) is 2.12. The van der Waals surface area contributed by atoms with E-state index in [-0.39, 0.29) is 35.7 Å². The topological polar surface area (TPSA) is 114 Å². The molecule has 0 atom stereocenters. The molecule has 0 spiro atoms. The number of ether oxygens (including phenoxy) is 2. The first-order valence-corrected chi connectivity index (χ1v) is 12.5. The lowest BCUT2D eigenvalue weighted by Crippen LogP contribution is -2.41. The molecule has 174 valence electrons. The Morgan fingerprint density at radius 3 is 2.55 bits per heavy atom. The van der Waals surface area contributed by atoms with Gasteiger partial charge in [0.1, 0.15) is 13.2 Å². The minimum Gasteiger partial charge on any atom is -0.486 e. The highest BCUT2D eigenvalue weighted by molar-refractivity contribution is 7.89. The molecule has 5 rings (SSSR count). The van der Waals surface area contributed by atoms with E-state index in [4.69, 9.17) is 9.47 Å². The Labute approximate surface area is 192 Å². The van der Waals surface area contributed by atoms with Crippen molar-refractivity contribution in [1.82, 2.24) is 4.31 Å². The fourth-order valence-corrected chi connectivity index (χ4v) is 5.91. The third-order valence-corrected chi connectivity index (χ3v) is 8.14. The lowest BCUT2D eigenvalue weighted by molar-refractivity contribution is -0.121. The maximum absolute atomic E-state index is 13.2. The molecule has 33 heavy (non-hydrogen) atoms. The molecule has 0 saturated carbocycles. The van der Waals surface area contributed by atoms with Crippen molar-refractivity contribution in [2.24, 2.45) is 5.92 Å². The highest BCUT2D eigenvalue weighted by Crippen LogP contribution is 2.33. The predicted octanol–water partition coefficient (Wildman–Crippen LogP) is 2.38. The summed E-state index contributed by atoms with van der Waals surface area (Å²) in [5.74, 6) is 0.790. The molecule has 10 heteroatoms. The number of carbonyl (C=O) groups excluding carboxylic acids is 2. The second-order valence-electron chi connectivity index (χ2n) is 8.39. The molecule has 0 bridgehead atoms. The second kappa shape index (κ2) is 8.68. The number of benzene rings is 2. The van der Waals surface area contributed by atoms with Crippen molar-refractivity contribution >= 4 is 33.2 Å². The number of nitrogens with one attached hydrogen (secondary N) is 2. The average molecular weight is 472 g/mol. The van der Waals surface area contributed by atoms with Crippen LogP contribution < -0.4 is 20.1 Å². The molecule has 1 saturated heterocycles. The minimum absolute atomic E-state index is 0.0605. The number of nitrogens with zero attached hydrogens (tertiary/aromatic N) is 1. The largest absolute Gasteiger partial charge is 0.486 e. The Bertz CT molecular complexity index is 1200. The van der Waals surface area contributed by atoms with Crippen LogP contribution in [0.3, 0.4) is 0 Å². The normalized spacial score (nSPS) is 18.8. The number of amides is 2. The molecular weight excluding hydrogens is 446 g/mol. The highest BCUT2D eigenvalue weighted by Gasteiger charge is 2.33. The summed E-state index contributed by atoms with van der Waals surface area (Å²) in [5, 5.41) is 5.67. The van der Waals surface area contributed by atoms with Crippen molar-refractivity contribution in [3.05, 3.63) is 42.0 Å². The smallest absolute Gasteiger partial charge is 0.243 e. The van der Waals surface area contributed by atoms with E-state index in [1.165, 1.54) is 10.4 Å². The van der Waals surface area contributed by atoms with Crippen LogP contribution in [-0.2, 0) is 26.0 Å². The molecule has 2 aromatic carbocycles. The maximum atomic E-state index is 13.2. The third-order valence-electron chi connectivity index (χ3n) is 6.24. The van der Waals surface area contributed by atoms with E-state index in [1.807, 2.05) is 0 Å². The Morgan fingerprint density at radius 2 is 1.76 bits per heavy atom. The molecular formula is C23H25N3O6S. The number of hydrogen-bond donors (Lipinski definition) is 2. The number of anilines is 2. The fourth-order valence-electron chi connectivity index (χ4n) is 4.39. The summed E-state index contributed by atoms with van der Waals surface area (Å²) in [7, 11) is -3.67. The van der Waals surface area contributed by atoms with Gasteiger partial charge in [-0.1, -0.05) is 0 Å². The molecule has 3 aliphatic heterocycles. The average Bonchev–Trinajstić information content (AvgIpc) is 2.83. The first-order chi connectivity index (χ1) is 15.9. The summed E-state index contributed by atoms with van der Waals surface area (Å²) in [6, 6.07) is 10.1. The van der Waals surface area contributed by atoms with Gasteiger partial charge in [0.05, 0.1) is 4.90 Å². The van der Waals surface area contributed by atoms with Crippen LogP contribution in [0, 0.1) is 5.92 Å². The SMILES string of the molecule is O=C1CCc2cc(S(=O)(=O)N3CCC(C(=O)Nc4ccc5c(c4)OCCO5)CC3)ccc2N1. The lowest BCUT2D eigenvalue weighted by atomic mass is 9.97. The second-order valence-corrected chi connectivity index (χ2v) is 10.3. The van der Waals surface area contributed by atoms with E-state index in [2.05, 4.69) is 10.6 Å². The summed E-state index contributed by atoms with van der Waals surface area (Å²) in [6.45, 7) is 1.52. The van der Waals surface area contributed by atoms with Gasteiger partial charge in [-0.05, 0) is 55.2 Å². The molecule has 0 aromatic heterocycles. The van der Waals surface area contributed by atoms with Crippen LogP contribution in [0.25, 0.3) is 0 Å². The third kappa shape index (κ3) is 4.40. The number of aryl methyl sites for hydroxylation is 1. The predicted molar refractivity (Wildman–Crippen MR) is 121 cm³/mol. The van der Waals surface area contributed by atoms with Gasteiger partial charge in [0.25, 0.3) is 0 Å². The van der Waals surface area contributed by atoms with Crippen LogP contribution in [0.5, 0.6) is 11.5 Å². The van der Waals surface area contributed by atoms with Crippen molar-refractivity contribution in [3.63, 3.8) is 0 Å². The lowest BCUT2D eigenvalue weighted by Gasteiger charge is -2.31.